The fourth-order valence-electron chi connectivity index (χ4n) is 1.92. The smallest absolute Gasteiger partial charge is 0.1000 e. The van der Waals surface area contributed by atoms with E-state index in [4.69, 9.17) is 0 Å². The summed E-state index contributed by atoms with van der Waals surface area (Å²) in [6, 6.07) is 9.62. The van der Waals surface area contributed by atoms with E-state index in [-0.39, 0.29) is 0 Å². The third-order valence-corrected chi connectivity index (χ3v) is 4.82. The van der Waals surface area contributed by atoms with E-state index >= 15 is 0 Å². The Balaban J connectivity index is 1.88. The quantitative estimate of drug-likeness (QED) is 0.862. The summed E-state index contributed by atoms with van der Waals surface area (Å²) in [4.78, 5) is 0.832. The highest BCUT2D eigenvalue weighted by Gasteiger charge is 2.22. The molecule has 0 spiro atoms. The van der Waals surface area contributed by atoms with E-state index in [0.29, 0.717) is 13.1 Å². The molecule has 1 aromatic carbocycles. The largest absolute Gasteiger partial charge is 0.384 e. The molecule has 0 fully saturated rings. The predicted octanol–water partition coefficient (Wildman–Crippen LogP) is 2.48. The van der Waals surface area contributed by atoms with Gasteiger partial charge in [-0.2, -0.15) is 11.3 Å². The van der Waals surface area contributed by atoms with E-state index in [0.717, 1.165) is 16.0 Å². The standard InChI is InChI=1S/C15H19NO2S2/c1-15(17,13-7-8-19-10-13)11-16-9-12-3-5-14(6-4-12)20(2)18/h3-8,10,16-17H,9,11H2,1-2H3. The highest BCUT2D eigenvalue weighted by molar-refractivity contribution is 7.84. The summed E-state index contributed by atoms with van der Waals surface area (Å²) in [7, 11) is -0.937. The van der Waals surface area contributed by atoms with Crippen molar-refractivity contribution in [2.75, 3.05) is 12.8 Å². The van der Waals surface area contributed by atoms with Gasteiger partial charge in [-0.25, -0.2) is 0 Å². The third kappa shape index (κ3) is 3.99. The molecule has 3 nitrogen and oxygen atoms in total. The molecular weight excluding hydrogens is 290 g/mol. The highest BCUT2D eigenvalue weighted by atomic mass is 32.2. The van der Waals surface area contributed by atoms with Gasteiger partial charge in [-0.05, 0) is 47.0 Å². The lowest BCUT2D eigenvalue weighted by Gasteiger charge is -2.23. The topological polar surface area (TPSA) is 49.3 Å². The molecule has 108 valence electrons. The Kier molecular flexibility index (Phi) is 5.10. The Bertz CT molecular complexity index is 562. The van der Waals surface area contributed by atoms with Crippen molar-refractivity contribution < 1.29 is 9.32 Å². The number of rotatable bonds is 6. The second-order valence-electron chi connectivity index (χ2n) is 4.99. The Morgan fingerprint density at radius 1 is 1.30 bits per heavy atom. The van der Waals surface area contributed by atoms with Crippen LogP contribution in [0, 0.1) is 0 Å². The fourth-order valence-corrected chi connectivity index (χ4v) is 3.22. The molecule has 2 aromatic rings. The van der Waals surface area contributed by atoms with Crippen molar-refractivity contribution >= 4 is 22.1 Å². The molecule has 0 radical (unpaired) electrons. The van der Waals surface area contributed by atoms with E-state index in [9.17, 15) is 9.32 Å². The maximum atomic E-state index is 11.3. The van der Waals surface area contributed by atoms with Crippen LogP contribution in [0.3, 0.4) is 0 Å². The minimum Gasteiger partial charge on any atom is -0.384 e. The molecule has 2 atom stereocenters. The Morgan fingerprint density at radius 2 is 2.00 bits per heavy atom. The van der Waals surface area contributed by atoms with Gasteiger partial charge in [-0.3, -0.25) is 4.21 Å². The Morgan fingerprint density at radius 3 is 2.55 bits per heavy atom. The van der Waals surface area contributed by atoms with Crippen molar-refractivity contribution in [1.29, 1.82) is 0 Å². The van der Waals surface area contributed by atoms with Gasteiger partial charge in [0.1, 0.15) is 0 Å². The van der Waals surface area contributed by atoms with Crippen LogP contribution >= 0.6 is 11.3 Å². The van der Waals surface area contributed by atoms with Crippen molar-refractivity contribution in [1.82, 2.24) is 5.32 Å². The summed E-state index contributed by atoms with van der Waals surface area (Å²) in [6.45, 7) is 2.98. The first kappa shape index (κ1) is 15.4. The molecule has 2 rings (SSSR count). The molecule has 0 aliphatic rings. The fraction of sp³-hybridized carbons (Fsp3) is 0.333. The SMILES string of the molecule is CS(=O)c1ccc(CNCC(C)(O)c2ccsc2)cc1. The summed E-state index contributed by atoms with van der Waals surface area (Å²) in [5, 5.41) is 17.6. The number of benzene rings is 1. The van der Waals surface area contributed by atoms with E-state index in [1.54, 1.807) is 17.6 Å². The molecule has 0 amide bonds. The third-order valence-electron chi connectivity index (χ3n) is 3.20. The van der Waals surface area contributed by atoms with E-state index in [1.165, 1.54) is 0 Å². The summed E-state index contributed by atoms with van der Waals surface area (Å²) >= 11 is 1.58. The van der Waals surface area contributed by atoms with Crippen LogP contribution < -0.4 is 5.32 Å². The van der Waals surface area contributed by atoms with Gasteiger partial charge in [0.05, 0.1) is 5.60 Å². The van der Waals surface area contributed by atoms with Gasteiger partial charge in [0.15, 0.2) is 0 Å². The first-order valence-electron chi connectivity index (χ1n) is 6.37. The summed E-state index contributed by atoms with van der Waals surface area (Å²) < 4.78 is 11.3. The molecule has 0 aliphatic carbocycles. The second-order valence-corrected chi connectivity index (χ2v) is 7.15. The molecule has 20 heavy (non-hydrogen) atoms. The van der Waals surface area contributed by atoms with Crippen molar-refractivity contribution in [2.24, 2.45) is 0 Å². The minimum atomic E-state index is -0.937. The number of hydrogen-bond acceptors (Lipinski definition) is 4. The van der Waals surface area contributed by atoms with Gasteiger partial charge in [0.2, 0.25) is 0 Å². The van der Waals surface area contributed by atoms with Crippen LogP contribution in [0.4, 0.5) is 0 Å². The summed E-state index contributed by atoms with van der Waals surface area (Å²) in [5.74, 6) is 0. The second kappa shape index (κ2) is 6.63. The lowest BCUT2D eigenvalue weighted by atomic mass is 9.99. The van der Waals surface area contributed by atoms with Gasteiger partial charge < -0.3 is 10.4 Å². The number of nitrogens with one attached hydrogen (secondary N) is 1. The van der Waals surface area contributed by atoms with E-state index in [2.05, 4.69) is 5.32 Å². The van der Waals surface area contributed by atoms with Crippen LogP contribution in [0.2, 0.25) is 0 Å². The lowest BCUT2D eigenvalue weighted by molar-refractivity contribution is 0.0571. The van der Waals surface area contributed by atoms with Crippen LogP contribution in [-0.2, 0) is 22.9 Å². The maximum absolute atomic E-state index is 11.3. The van der Waals surface area contributed by atoms with Crippen LogP contribution in [-0.4, -0.2) is 22.1 Å². The van der Waals surface area contributed by atoms with Crippen LogP contribution in [0.1, 0.15) is 18.1 Å². The molecule has 1 heterocycles. The van der Waals surface area contributed by atoms with Crippen LogP contribution in [0.25, 0.3) is 0 Å². The van der Waals surface area contributed by atoms with Gasteiger partial charge in [-0.1, -0.05) is 12.1 Å². The average molecular weight is 309 g/mol. The van der Waals surface area contributed by atoms with E-state index < -0.39 is 16.4 Å². The molecular formula is C15H19NO2S2. The molecule has 1 aromatic heterocycles. The Labute approximate surface area is 126 Å². The predicted molar refractivity (Wildman–Crippen MR) is 84.4 cm³/mol. The molecule has 0 saturated carbocycles. The Hall–Kier alpha value is -1.01. The normalized spacial score (nSPS) is 15.8. The van der Waals surface area contributed by atoms with Gasteiger partial charge >= 0.3 is 0 Å². The zero-order valence-electron chi connectivity index (χ0n) is 11.6. The van der Waals surface area contributed by atoms with Gasteiger partial charge in [0, 0.05) is 35.0 Å². The van der Waals surface area contributed by atoms with Crippen molar-refractivity contribution in [3.8, 4) is 0 Å². The summed E-state index contributed by atoms with van der Waals surface area (Å²) in [6.07, 6.45) is 1.67. The zero-order valence-corrected chi connectivity index (χ0v) is 13.3. The average Bonchev–Trinajstić information content (AvgIpc) is 2.94. The number of aliphatic hydroxyl groups is 1. The first-order chi connectivity index (χ1) is 9.49. The van der Waals surface area contributed by atoms with E-state index in [1.807, 2.05) is 48.0 Å². The summed E-state index contributed by atoms with van der Waals surface area (Å²) in [5.41, 5.74) is 1.19. The van der Waals surface area contributed by atoms with Gasteiger partial charge in [-0.15, -0.1) is 0 Å². The molecule has 0 aliphatic heterocycles. The van der Waals surface area contributed by atoms with Crippen molar-refractivity contribution in [3.05, 3.63) is 52.2 Å². The molecule has 2 N–H and O–H groups in total. The maximum Gasteiger partial charge on any atom is 0.1000 e. The lowest BCUT2D eigenvalue weighted by Crippen LogP contribution is -2.34. The van der Waals surface area contributed by atoms with Crippen molar-refractivity contribution in [3.63, 3.8) is 0 Å². The minimum absolute atomic E-state index is 0.491. The molecule has 2 unspecified atom stereocenters. The molecule has 0 saturated heterocycles. The highest BCUT2D eigenvalue weighted by Crippen LogP contribution is 2.22. The number of hydrogen-bond donors (Lipinski definition) is 2. The monoisotopic (exact) mass is 309 g/mol. The molecule has 0 bridgehead atoms. The van der Waals surface area contributed by atoms with Gasteiger partial charge in [0.25, 0.3) is 0 Å². The zero-order chi connectivity index (χ0) is 14.6. The van der Waals surface area contributed by atoms with Crippen LogP contribution in [0.5, 0.6) is 0 Å². The first-order valence-corrected chi connectivity index (χ1v) is 8.87. The number of thiophene rings is 1. The molecule has 5 heteroatoms. The van der Waals surface area contributed by atoms with Crippen LogP contribution in [0.15, 0.2) is 46.0 Å². The van der Waals surface area contributed by atoms with Crippen molar-refractivity contribution in [2.45, 2.75) is 24.0 Å².